The zero-order chi connectivity index (χ0) is 35.3. The first kappa shape index (κ1) is 30.2. The number of hydrogen-bond donors (Lipinski definition) is 0. The van der Waals surface area contributed by atoms with Crippen LogP contribution in [0, 0.1) is 0 Å². The first-order valence-electron chi connectivity index (χ1n) is 17.9. The topological polar surface area (TPSA) is 51.8 Å². The number of hydrogen-bond acceptors (Lipinski definition) is 5. The van der Waals surface area contributed by atoms with Crippen LogP contribution in [0.15, 0.2) is 156 Å². The molecule has 0 amide bonds. The summed E-state index contributed by atoms with van der Waals surface area (Å²) in [6, 6.07) is 53.6. The van der Waals surface area contributed by atoms with Crippen molar-refractivity contribution in [1.82, 2.24) is 15.0 Å². The minimum absolute atomic E-state index is 0.0740. The van der Waals surface area contributed by atoms with E-state index in [1.165, 1.54) is 48.0 Å². The SMILES string of the molecule is CC1(C)c2ccccc2-c2ccc(-c3ccc4oc5cccc(-c6nc(-c7ccccc7)nc(-c7ccc8sc9ccccc9c8c7)n6)c5c4c3)cc21. The Morgan fingerprint density at radius 2 is 1.09 bits per heavy atom. The van der Waals surface area contributed by atoms with E-state index >= 15 is 0 Å². The molecule has 1 aliphatic carbocycles. The maximum absolute atomic E-state index is 6.49. The fourth-order valence-corrected chi connectivity index (χ4v) is 9.37. The van der Waals surface area contributed by atoms with Gasteiger partial charge in [0.1, 0.15) is 11.2 Å². The molecule has 53 heavy (non-hydrogen) atoms. The first-order chi connectivity index (χ1) is 26.0. The summed E-state index contributed by atoms with van der Waals surface area (Å²) >= 11 is 1.81. The van der Waals surface area contributed by atoms with Gasteiger partial charge in [0.05, 0.1) is 0 Å². The number of rotatable bonds is 4. The van der Waals surface area contributed by atoms with Crippen molar-refractivity contribution in [3.8, 4) is 56.4 Å². The standard InChI is InChI=1S/C48H31N3OS/c1-48(2)38-16-8-6-13-32(38)33-22-19-30(27-39(33)48)29-20-23-40-37(25-29)44-35(15-10-17-41(44)52-40)47-50-45(28-11-4-3-5-12-28)49-46(51-47)31-21-24-43-36(26-31)34-14-7-9-18-42(34)53-43/h3-27H,1-2H3. The largest absolute Gasteiger partial charge is 0.456 e. The van der Waals surface area contributed by atoms with E-state index in [0.29, 0.717) is 17.5 Å². The lowest BCUT2D eigenvalue weighted by atomic mass is 9.81. The van der Waals surface area contributed by atoms with Gasteiger partial charge in [-0.1, -0.05) is 117 Å². The van der Waals surface area contributed by atoms with Gasteiger partial charge in [0.2, 0.25) is 0 Å². The van der Waals surface area contributed by atoms with Crippen LogP contribution in [0.2, 0.25) is 0 Å². The first-order valence-corrected chi connectivity index (χ1v) is 18.7. The molecule has 1 aliphatic rings. The minimum Gasteiger partial charge on any atom is -0.456 e. The summed E-state index contributed by atoms with van der Waals surface area (Å²) < 4.78 is 9.01. The van der Waals surface area contributed by atoms with Gasteiger partial charge in [0.25, 0.3) is 0 Å². The molecule has 0 N–H and O–H groups in total. The van der Waals surface area contributed by atoms with Crippen LogP contribution in [0.5, 0.6) is 0 Å². The van der Waals surface area contributed by atoms with E-state index in [0.717, 1.165) is 44.2 Å². The van der Waals surface area contributed by atoms with Crippen LogP contribution in [-0.2, 0) is 5.41 Å². The van der Waals surface area contributed by atoms with Gasteiger partial charge < -0.3 is 4.42 Å². The van der Waals surface area contributed by atoms with Crippen LogP contribution in [-0.4, -0.2) is 15.0 Å². The van der Waals surface area contributed by atoms with Crippen LogP contribution in [0.3, 0.4) is 0 Å². The average Bonchev–Trinajstić information content (AvgIpc) is 3.85. The van der Waals surface area contributed by atoms with Gasteiger partial charge in [-0.25, -0.2) is 15.0 Å². The monoisotopic (exact) mass is 697 g/mol. The predicted molar refractivity (Wildman–Crippen MR) is 219 cm³/mol. The molecule has 0 radical (unpaired) electrons. The Kier molecular flexibility index (Phi) is 6.43. The van der Waals surface area contributed by atoms with Crippen LogP contribution in [0.25, 0.3) is 98.5 Å². The van der Waals surface area contributed by atoms with Crippen molar-refractivity contribution >= 4 is 53.4 Å². The molecule has 0 atom stereocenters. The Morgan fingerprint density at radius 3 is 2.00 bits per heavy atom. The highest BCUT2D eigenvalue weighted by Crippen LogP contribution is 2.50. The molecule has 3 heterocycles. The van der Waals surface area contributed by atoms with E-state index < -0.39 is 0 Å². The quantitative estimate of drug-likeness (QED) is 0.184. The number of fused-ring (bicyclic) bond motifs is 9. The van der Waals surface area contributed by atoms with Crippen molar-refractivity contribution in [3.05, 3.63) is 163 Å². The molecule has 0 unspecified atom stereocenters. The molecule has 0 fully saturated rings. The Balaban J connectivity index is 1.09. The molecule has 4 nitrogen and oxygen atoms in total. The van der Waals surface area contributed by atoms with Crippen molar-refractivity contribution in [2.24, 2.45) is 0 Å². The van der Waals surface area contributed by atoms with Crippen LogP contribution in [0.4, 0.5) is 0 Å². The molecule has 0 bridgehead atoms. The number of aromatic nitrogens is 3. The zero-order valence-corrected chi connectivity index (χ0v) is 29.9. The summed E-state index contributed by atoms with van der Waals surface area (Å²) in [6.45, 7) is 4.65. The summed E-state index contributed by atoms with van der Waals surface area (Å²) in [7, 11) is 0. The Morgan fingerprint density at radius 1 is 0.434 bits per heavy atom. The van der Waals surface area contributed by atoms with Crippen molar-refractivity contribution in [3.63, 3.8) is 0 Å². The maximum atomic E-state index is 6.49. The Hall–Kier alpha value is -6.43. The normalized spacial score (nSPS) is 13.2. The predicted octanol–water partition coefficient (Wildman–Crippen LogP) is 13.1. The molecule has 10 aromatic rings. The van der Waals surface area contributed by atoms with Gasteiger partial charge >= 0.3 is 0 Å². The van der Waals surface area contributed by atoms with Crippen molar-refractivity contribution < 1.29 is 4.42 Å². The van der Waals surface area contributed by atoms with Crippen molar-refractivity contribution in [2.45, 2.75) is 19.3 Å². The van der Waals surface area contributed by atoms with E-state index in [1.54, 1.807) is 0 Å². The zero-order valence-electron chi connectivity index (χ0n) is 29.1. The summed E-state index contributed by atoms with van der Waals surface area (Å²) in [6.07, 6.45) is 0. The van der Waals surface area contributed by atoms with Crippen molar-refractivity contribution in [2.75, 3.05) is 0 Å². The smallest absolute Gasteiger partial charge is 0.164 e. The highest BCUT2D eigenvalue weighted by atomic mass is 32.1. The number of furan rings is 1. The molecule has 3 aromatic heterocycles. The van der Waals surface area contributed by atoms with E-state index in [2.05, 4.69) is 135 Å². The Labute approximate surface area is 310 Å². The van der Waals surface area contributed by atoms with Gasteiger partial charge in [-0.05, 0) is 81.9 Å². The molecule has 0 saturated carbocycles. The summed E-state index contributed by atoms with van der Waals surface area (Å²) in [4.78, 5) is 15.4. The maximum Gasteiger partial charge on any atom is 0.164 e. The van der Waals surface area contributed by atoms with Gasteiger partial charge in [0.15, 0.2) is 17.5 Å². The Bertz CT molecular complexity index is 3100. The summed E-state index contributed by atoms with van der Waals surface area (Å²) in [5.74, 6) is 1.88. The van der Waals surface area contributed by atoms with Gasteiger partial charge in [-0.2, -0.15) is 0 Å². The molecule has 0 saturated heterocycles. The third kappa shape index (κ3) is 4.64. The fourth-order valence-electron chi connectivity index (χ4n) is 8.28. The van der Waals surface area contributed by atoms with Crippen molar-refractivity contribution in [1.29, 1.82) is 0 Å². The van der Waals surface area contributed by atoms with E-state index in [1.807, 2.05) is 41.7 Å². The van der Waals surface area contributed by atoms with E-state index in [4.69, 9.17) is 19.4 Å². The van der Waals surface area contributed by atoms with Gasteiger partial charge in [0, 0.05) is 53.1 Å². The molecule has 7 aromatic carbocycles. The number of thiophene rings is 1. The third-order valence-electron chi connectivity index (χ3n) is 11.0. The molecule has 0 spiro atoms. The van der Waals surface area contributed by atoms with Gasteiger partial charge in [-0.15, -0.1) is 11.3 Å². The molecule has 5 heteroatoms. The highest BCUT2D eigenvalue weighted by Gasteiger charge is 2.35. The molecular formula is C48H31N3OS. The van der Waals surface area contributed by atoms with E-state index in [-0.39, 0.29) is 5.41 Å². The number of nitrogens with zero attached hydrogens (tertiary/aromatic N) is 3. The molecular weight excluding hydrogens is 667 g/mol. The summed E-state index contributed by atoms with van der Waals surface area (Å²) in [5, 5.41) is 4.48. The third-order valence-corrected chi connectivity index (χ3v) is 12.1. The highest BCUT2D eigenvalue weighted by molar-refractivity contribution is 7.25. The lowest BCUT2D eigenvalue weighted by Gasteiger charge is -2.22. The second-order valence-electron chi connectivity index (χ2n) is 14.4. The molecule has 250 valence electrons. The summed E-state index contributed by atoms with van der Waals surface area (Å²) in [5.41, 5.74) is 12.1. The lowest BCUT2D eigenvalue weighted by Crippen LogP contribution is -2.14. The van der Waals surface area contributed by atoms with Crippen LogP contribution in [0.1, 0.15) is 25.0 Å². The average molecular weight is 698 g/mol. The van der Waals surface area contributed by atoms with E-state index in [9.17, 15) is 0 Å². The lowest BCUT2D eigenvalue weighted by molar-refractivity contribution is 0.660. The minimum atomic E-state index is -0.0740. The van der Waals surface area contributed by atoms with Gasteiger partial charge in [-0.3, -0.25) is 0 Å². The molecule has 0 aliphatic heterocycles. The fraction of sp³-hybridized carbons (Fsp3) is 0.0625. The van der Waals surface area contributed by atoms with Crippen LogP contribution >= 0.6 is 11.3 Å². The molecule has 11 rings (SSSR count). The van der Waals surface area contributed by atoms with Crippen LogP contribution < -0.4 is 0 Å². The second-order valence-corrected chi connectivity index (χ2v) is 15.5. The second kappa shape index (κ2) is 11.3. The number of benzene rings is 7.